The van der Waals surface area contributed by atoms with E-state index in [-0.39, 0.29) is 24.5 Å². The number of carbonyl (C=O) groups excluding carboxylic acids is 1. The Labute approximate surface area is 216 Å². The molecule has 0 spiro atoms. The fourth-order valence-corrected chi connectivity index (χ4v) is 7.72. The second kappa shape index (κ2) is 8.86. The molecule has 4 nitrogen and oxygen atoms in total. The van der Waals surface area contributed by atoms with Crippen LogP contribution in [0.5, 0.6) is 0 Å². The number of fused-ring (bicyclic) bond motifs is 4. The van der Waals surface area contributed by atoms with Crippen LogP contribution in [0.3, 0.4) is 0 Å². The number of benzene rings is 1. The SMILES string of the molecule is C[C@]12C[C@H](c3ccc(/C=C/C(=O)O)cc3)C3=C4CCC(=O)C=C4CC[C@H]3[C@@H]1CC[C@@]2(O)C(F)(F)C(F)(F)F. The third-order valence-corrected chi connectivity index (χ3v) is 9.52. The first-order valence-electron chi connectivity index (χ1n) is 12.8. The Morgan fingerprint density at radius 2 is 1.74 bits per heavy atom. The van der Waals surface area contributed by atoms with Gasteiger partial charge in [-0.3, -0.25) is 4.79 Å². The highest BCUT2D eigenvalue weighted by atomic mass is 19.4. The summed E-state index contributed by atoms with van der Waals surface area (Å²) < 4.78 is 70.9. The third-order valence-electron chi connectivity index (χ3n) is 9.52. The Morgan fingerprint density at radius 1 is 1.05 bits per heavy atom. The van der Waals surface area contributed by atoms with Gasteiger partial charge in [-0.25, -0.2) is 4.79 Å². The van der Waals surface area contributed by atoms with E-state index in [0.29, 0.717) is 36.8 Å². The van der Waals surface area contributed by atoms with Gasteiger partial charge < -0.3 is 10.2 Å². The lowest BCUT2D eigenvalue weighted by molar-refractivity contribution is -0.362. The summed E-state index contributed by atoms with van der Waals surface area (Å²) in [7, 11) is 0. The van der Waals surface area contributed by atoms with Gasteiger partial charge in [-0.05, 0) is 84.8 Å². The van der Waals surface area contributed by atoms with Crippen LogP contribution in [0.25, 0.3) is 6.08 Å². The molecule has 5 atom stereocenters. The van der Waals surface area contributed by atoms with Crippen molar-refractivity contribution in [1.29, 1.82) is 0 Å². The quantitative estimate of drug-likeness (QED) is 0.335. The lowest BCUT2D eigenvalue weighted by Crippen LogP contribution is -2.65. The molecule has 0 heterocycles. The van der Waals surface area contributed by atoms with Crippen molar-refractivity contribution >= 4 is 17.8 Å². The van der Waals surface area contributed by atoms with E-state index in [0.717, 1.165) is 22.8 Å². The zero-order valence-electron chi connectivity index (χ0n) is 20.8. The Hall–Kier alpha value is -2.81. The van der Waals surface area contributed by atoms with Gasteiger partial charge in [-0.1, -0.05) is 36.8 Å². The molecule has 0 saturated heterocycles. The maximum atomic E-state index is 15.0. The first-order chi connectivity index (χ1) is 17.7. The van der Waals surface area contributed by atoms with Crippen LogP contribution in [0.1, 0.15) is 68.9 Å². The van der Waals surface area contributed by atoms with Crippen molar-refractivity contribution in [3.8, 4) is 0 Å². The van der Waals surface area contributed by atoms with Crippen molar-refractivity contribution in [3.05, 3.63) is 64.3 Å². The number of rotatable bonds is 4. The normalized spacial score (nSPS) is 33.6. The molecule has 2 N–H and O–H groups in total. The predicted octanol–water partition coefficient (Wildman–Crippen LogP) is 6.61. The van der Waals surface area contributed by atoms with Crippen LogP contribution in [-0.4, -0.2) is 39.7 Å². The number of alkyl halides is 5. The minimum absolute atomic E-state index is 0.0228. The van der Waals surface area contributed by atoms with E-state index < -0.39 is 47.3 Å². The number of ketones is 1. The zero-order valence-corrected chi connectivity index (χ0v) is 20.8. The molecule has 204 valence electrons. The Bertz CT molecular complexity index is 1260. The van der Waals surface area contributed by atoms with Crippen LogP contribution in [0.4, 0.5) is 22.0 Å². The smallest absolute Gasteiger partial charge is 0.456 e. The number of halogens is 5. The van der Waals surface area contributed by atoms with E-state index in [1.165, 1.54) is 13.0 Å². The topological polar surface area (TPSA) is 74.6 Å². The minimum atomic E-state index is -5.89. The summed E-state index contributed by atoms with van der Waals surface area (Å²) in [6.07, 6.45) is -0.675. The molecule has 0 radical (unpaired) electrons. The summed E-state index contributed by atoms with van der Waals surface area (Å²) >= 11 is 0. The average Bonchev–Trinajstić information content (AvgIpc) is 3.13. The molecule has 0 aromatic heterocycles. The molecule has 0 bridgehead atoms. The largest absolute Gasteiger partial charge is 0.478 e. The summed E-state index contributed by atoms with van der Waals surface area (Å²) in [5.41, 5.74) is -0.757. The predicted molar refractivity (Wildman–Crippen MR) is 129 cm³/mol. The molecule has 0 aliphatic heterocycles. The maximum Gasteiger partial charge on any atom is 0.456 e. The number of hydrogen-bond acceptors (Lipinski definition) is 3. The maximum absolute atomic E-state index is 15.0. The van der Waals surface area contributed by atoms with Gasteiger partial charge in [0.25, 0.3) is 0 Å². The van der Waals surface area contributed by atoms with Gasteiger partial charge >= 0.3 is 18.1 Å². The molecule has 0 unspecified atom stereocenters. The van der Waals surface area contributed by atoms with Gasteiger partial charge in [-0.15, -0.1) is 0 Å². The van der Waals surface area contributed by atoms with Crippen molar-refractivity contribution in [3.63, 3.8) is 0 Å². The second-order valence-corrected chi connectivity index (χ2v) is 11.3. The first-order valence-corrected chi connectivity index (χ1v) is 12.8. The number of carboxylic acid groups (broad SMARTS) is 1. The lowest BCUT2D eigenvalue weighted by atomic mass is 9.50. The highest BCUT2D eigenvalue weighted by molar-refractivity contribution is 5.93. The Morgan fingerprint density at radius 3 is 2.37 bits per heavy atom. The average molecular weight is 537 g/mol. The van der Waals surface area contributed by atoms with Crippen molar-refractivity contribution in [2.45, 2.75) is 75.5 Å². The van der Waals surface area contributed by atoms with Crippen LogP contribution in [-0.2, 0) is 9.59 Å². The second-order valence-electron chi connectivity index (χ2n) is 11.3. The van der Waals surface area contributed by atoms with Crippen LogP contribution in [0.2, 0.25) is 0 Å². The molecule has 9 heteroatoms. The summed E-state index contributed by atoms with van der Waals surface area (Å²) in [5, 5.41) is 20.2. The highest BCUT2D eigenvalue weighted by Crippen LogP contribution is 2.70. The molecule has 4 aliphatic rings. The van der Waals surface area contributed by atoms with Gasteiger partial charge in [0.2, 0.25) is 0 Å². The molecule has 1 aromatic carbocycles. The fraction of sp³-hybridized carbons (Fsp3) is 0.517. The van der Waals surface area contributed by atoms with Crippen LogP contribution < -0.4 is 0 Å². The van der Waals surface area contributed by atoms with Gasteiger partial charge in [0.15, 0.2) is 5.78 Å². The number of aliphatic carboxylic acids is 1. The first kappa shape index (κ1) is 26.8. The number of carboxylic acids is 1. The molecule has 4 aliphatic carbocycles. The molecule has 0 amide bonds. The van der Waals surface area contributed by atoms with Crippen LogP contribution >= 0.6 is 0 Å². The monoisotopic (exact) mass is 536 g/mol. The Balaban J connectivity index is 1.65. The third kappa shape index (κ3) is 3.88. The summed E-state index contributed by atoms with van der Waals surface area (Å²) in [4.78, 5) is 23.0. The molecular formula is C29H29F5O4. The molecule has 2 fully saturated rings. The molecule has 1 aromatic rings. The zero-order chi connectivity index (χ0) is 27.7. The number of allylic oxidation sites excluding steroid dienone is 4. The fourth-order valence-electron chi connectivity index (χ4n) is 7.72. The van der Waals surface area contributed by atoms with Crippen molar-refractivity contribution < 1.29 is 41.8 Å². The van der Waals surface area contributed by atoms with E-state index >= 15 is 8.78 Å². The van der Waals surface area contributed by atoms with Gasteiger partial charge in [0.1, 0.15) is 5.60 Å². The van der Waals surface area contributed by atoms with E-state index in [4.69, 9.17) is 5.11 Å². The number of aliphatic hydroxyl groups is 1. The number of hydrogen-bond donors (Lipinski definition) is 2. The van der Waals surface area contributed by atoms with E-state index in [2.05, 4.69) is 0 Å². The Kier molecular flexibility index (Phi) is 6.25. The van der Waals surface area contributed by atoms with E-state index in [1.54, 1.807) is 30.3 Å². The number of carbonyl (C=O) groups is 2. The molecule has 2 saturated carbocycles. The summed E-state index contributed by atoms with van der Waals surface area (Å²) in [5.74, 6) is -7.75. The molecule has 5 rings (SSSR count). The summed E-state index contributed by atoms with van der Waals surface area (Å²) in [6.45, 7) is 1.39. The standard InChI is InChI=1S/C29H29F5O4/c1-26-15-22(17-5-2-16(3-6-17)4-11-24(36)37)25-20-10-8-19(35)14-18(20)7-9-21(25)23(26)12-13-27(26,38)28(30,31)29(32,33)34/h2-6,11,14,21-23,38H,7-10,12-13,15H2,1H3,(H,36,37)/b11-4+/t21-,22+,23-,26-,27-/m0/s1. The van der Waals surface area contributed by atoms with Gasteiger partial charge in [0.05, 0.1) is 0 Å². The van der Waals surface area contributed by atoms with Crippen LogP contribution in [0, 0.1) is 17.3 Å². The summed E-state index contributed by atoms with van der Waals surface area (Å²) in [6, 6.07) is 6.84. The lowest BCUT2D eigenvalue weighted by Gasteiger charge is -2.56. The van der Waals surface area contributed by atoms with E-state index in [1.807, 2.05) is 0 Å². The molecule has 38 heavy (non-hydrogen) atoms. The van der Waals surface area contributed by atoms with Crippen molar-refractivity contribution in [2.24, 2.45) is 17.3 Å². The van der Waals surface area contributed by atoms with Gasteiger partial charge in [0, 0.05) is 23.8 Å². The minimum Gasteiger partial charge on any atom is -0.478 e. The highest BCUT2D eigenvalue weighted by Gasteiger charge is 2.79. The van der Waals surface area contributed by atoms with Crippen molar-refractivity contribution in [2.75, 3.05) is 0 Å². The molecular weight excluding hydrogens is 507 g/mol. The van der Waals surface area contributed by atoms with Gasteiger partial charge in [-0.2, -0.15) is 22.0 Å². The van der Waals surface area contributed by atoms with E-state index in [9.17, 15) is 27.9 Å². The van der Waals surface area contributed by atoms with Crippen LogP contribution in [0.15, 0.2) is 53.1 Å². The van der Waals surface area contributed by atoms with Crippen molar-refractivity contribution in [1.82, 2.24) is 0 Å².